The van der Waals surface area contributed by atoms with Gasteiger partial charge in [0.1, 0.15) is 5.60 Å². The van der Waals surface area contributed by atoms with E-state index in [2.05, 4.69) is 10.6 Å². The average Bonchev–Trinajstić information content (AvgIpc) is 2.25. The van der Waals surface area contributed by atoms with Crippen molar-refractivity contribution >= 4 is 11.8 Å². The van der Waals surface area contributed by atoms with Gasteiger partial charge in [-0.2, -0.15) is 0 Å². The molecule has 0 saturated carbocycles. The van der Waals surface area contributed by atoms with Crippen LogP contribution in [0.1, 0.15) is 34.1 Å². The average molecular weight is 260 g/mol. The first-order valence-corrected chi connectivity index (χ1v) is 5.97. The van der Waals surface area contributed by atoms with Crippen LogP contribution in [0.15, 0.2) is 0 Å². The van der Waals surface area contributed by atoms with E-state index >= 15 is 0 Å². The van der Waals surface area contributed by atoms with Crippen molar-refractivity contribution in [3.8, 4) is 0 Å². The first-order chi connectivity index (χ1) is 8.08. The van der Waals surface area contributed by atoms with Crippen molar-refractivity contribution in [3.05, 3.63) is 0 Å². The van der Waals surface area contributed by atoms with Gasteiger partial charge >= 0.3 is 0 Å². The number of aliphatic hydroxyl groups excluding tert-OH is 1. The van der Waals surface area contributed by atoms with Crippen molar-refractivity contribution in [2.24, 2.45) is 5.41 Å². The number of rotatable bonds is 6. The predicted molar refractivity (Wildman–Crippen MR) is 67.8 cm³/mol. The normalized spacial score (nSPS) is 14.8. The van der Waals surface area contributed by atoms with Gasteiger partial charge in [-0.05, 0) is 6.92 Å². The van der Waals surface area contributed by atoms with Gasteiger partial charge in [-0.15, -0.1) is 0 Å². The Labute approximate surface area is 108 Å². The van der Waals surface area contributed by atoms with Crippen LogP contribution in [0.2, 0.25) is 0 Å². The van der Waals surface area contributed by atoms with E-state index in [1.807, 2.05) is 0 Å². The molecule has 6 nitrogen and oxygen atoms in total. The Kier molecular flexibility index (Phi) is 6.28. The first kappa shape index (κ1) is 16.9. The maximum Gasteiger partial charge on any atom is 0.225 e. The molecule has 18 heavy (non-hydrogen) atoms. The van der Waals surface area contributed by atoms with Crippen molar-refractivity contribution in [2.75, 3.05) is 19.7 Å². The first-order valence-electron chi connectivity index (χ1n) is 5.97. The third kappa shape index (κ3) is 7.24. The molecule has 0 aromatic rings. The maximum atomic E-state index is 11.5. The fourth-order valence-corrected chi connectivity index (χ4v) is 0.988. The van der Waals surface area contributed by atoms with Crippen molar-refractivity contribution in [1.82, 2.24) is 10.6 Å². The van der Waals surface area contributed by atoms with Crippen molar-refractivity contribution in [2.45, 2.75) is 39.7 Å². The predicted octanol–water partition coefficient (Wildman–Crippen LogP) is -0.602. The Morgan fingerprint density at radius 2 is 1.67 bits per heavy atom. The highest BCUT2D eigenvalue weighted by molar-refractivity contribution is 5.82. The van der Waals surface area contributed by atoms with Crippen LogP contribution in [0.3, 0.4) is 0 Å². The third-order valence-electron chi connectivity index (χ3n) is 2.33. The van der Waals surface area contributed by atoms with Crippen LogP contribution in [-0.4, -0.2) is 47.3 Å². The fraction of sp³-hybridized carbons (Fsp3) is 0.833. The molecule has 0 saturated heterocycles. The van der Waals surface area contributed by atoms with Crippen LogP contribution in [0.4, 0.5) is 0 Å². The highest BCUT2D eigenvalue weighted by Crippen LogP contribution is 2.12. The summed E-state index contributed by atoms with van der Waals surface area (Å²) in [7, 11) is 0. The molecule has 0 bridgehead atoms. The minimum atomic E-state index is -1.32. The number of nitrogens with one attached hydrogen (secondary N) is 2. The maximum absolute atomic E-state index is 11.5. The smallest absolute Gasteiger partial charge is 0.225 e. The van der Waals surface area contributed by atoms with Crippen LogP contribution in [0, 0.1) is 5.41 Å². The summed E-state index contributed by atoms with van der Waals surface area (Å²) < 4.78 is 0. The second kappa shape index (κ2) is 6.70. The van der Waals surface area contributed by atoms with E-state index in [-0.39, 0.29) is 31.3 Å². The van der Waals surface area contributed by atoms with E-state index in [4.69, 9.17) is 5.11 Å². The molecule has 106 valence electrons. The number of carbonyl (C=O) groups excluding carboxylic acids is 2. The highest BCUT2D eigenvalue weighted by atomic mass is 16.3. The largest absolute Gasteiger partial charge is 0.393 e. The number of hydrogen-bond acceptors (Lipinski definition) is 4. The Hall–Kier alpha value is -1.14. The third-order valence-corrected chi connectivity index (χ3v) is 2.33. The lowest BCUT2D eigenvalue weighted by Crippen LogP contribution is -2.44. The van der Waals surface area contributed by atoms with Gasteiger partial charge in [-0.1, -0.05) is 20.8 Å². The summed E-state index contributed by atoms with van der Waals surface area (Å²) in [6.07, 6.45) is 0.142. The Morgan fingerprint density at radius 1 is 1.11 bits per heavy atom. The number of hydrogen-bond donors (Lipinski definition) is 4. The molecule has 0 aromatic heterocycles. The van der Waals surface area contributed by atoms with E-state index in [0.717, 1.165) is 0 Å². The zero-order valence-corrected chi connectivity index (χ0v) is 11.5. The van der Waals surface area contributed by atoms with Crippen LogP contribution in [-0.2, 0) is 9.59 Å². The molecule has 1 unspecified atom stereocenters. The van der Waals surface area contributed by atoms with Gasteiger partial charge in [0.15, 0.2) is 0 Å². The van der Waals surface area contributed by atoms with Crippen molar-refractivity contribution in [3.63, 3.8) is 0 Å². The number of aliphatic hydroxyl groups is 2. The number of amides is 2. The van der Waals surface area contributed by atoms with E-state index in [1.54, 1.807) is 20.8 Å². The molecule has 4 N–H and O–H groups in total. The molecule has 0 aromatic carbocycles. The lowest BCUT2D eigenvalue weighted by Gasteiger charge is -2.21. The second-order valence-corrected chi connectivity index (χ2v) is 5.69. The Balaban J connectivity index is 3.83. The second-order valence-electron chi connectivity index (χ2n) is 5.69. The van der Waals surface area contributed by atoms with E-state index in [0.29, 0.717) is 0 Å². The molecule has 0 aliphatic rings. The molecule has 0 spiro atoms. The topological polar surface area (TPSA) is 98.7 Å². The molecule has 0 radical (unpaired) electrons. The lowest BCUT2D eigenvalue weighted by atomic mass is 9.96. The SMILES string of the molecule is CC(O)(CO)CNC(=O)CCNC(=O)C(C)(C)C. The molecule has 0 aliphatic heterocycles. The van der Waals surface area contributed by atoms with Gasteiger partial charge in [-0.3, -0.25) is 9.59 Å². The molecular weight excluding hydrogens is 236 g/mol. The minimum Gasteiger partial charge on any atom is -0.393 e. The minimum absolute atomic E-state index is 0.0183. The van der Waals surface area contributed by atoms with E-state index in [1.165, 1.54) is 6.92 Å². The number of carbonyl (C=O) groups is 2. The zero-order valence-electron chi connectivity index (χ0n) is 11.5. The van der Waals surface area contributed by atoms with Gasteiger partial charge in [0.05, 0.1) is 6.61 Å². The van der Waals surface area contributed by atoms with Gasteiger partial charge in [-0.25, -0.2) is 0 Å². The van der Waals surface area contributed by atoms with Crippen LogP contribution < -0.4 is 10.6 Å². The van der Waals surface area contributed by atoms with Gasteiger partial charge in [0.25, 0.3) is 0 Å². The summed E-state index contributed by atoms with van der Waals surface area (Å²) in [4.78, 5) is 22.9. The van der Waals surface area contributed by atoms with Gasteiger partial charge in [0.2, 0.25) is 11.8 Å². The zero-order chi connectivity index (χ0) is 14.4. The van der Waals surface area contributed by atoms with Crippen LogP contribution in [0.5, 0.6) is 0 Å². The molecule has 2 amide bonds. The summed E-state index contributed by atoms with van der Waals surface area (Å²) in [5, 5.41) is 23.4. The summed E-state index contributed by atoms with van der Waals surface area (Å²) in [6, 6.07) is 0. The summed E-state index contributed by atoms with van der Waals surface area (Å²) in [6.45, 7) is 6.62. The molecular formula is C12H24N2O4. The van der Waals surface area contributed by atoms with Crippen LogP contribution in [0.25, 0.3) is 0 Å². The highest BCUT2D eigenvalue weighted by Gasteiger charge is 2.21. The van der Waals surface area contributed by atoms with Crippen molar-refractivity contribution in [1.29, 1.82) is 0 Å². The van der Waals surface area contributed by atoms with Gasteiger partial charge < -0.3 is 20.8 Å². The molecule has 0 rings (SSSR count). The molecule has 0 fully saturated rings. The summed E-state index contributed by atoms with van der Waals surface area (Å²) >= 11 is 0. The fourth-order valence-electron chi connectivity index (χ4n) is 0.988. The lowest BCUT2D eigenvalue weighted by molar-refractivity contribution is -0.128. The summed E-state index contributed by atoms with van der Waals surface area (Å²) in [5.74, 6) is -0.393. The van der Waals surface area contributed by atoms with E-state index < -0.39 is 17.6 Å². The van der Waals surface area contributed by atoms with Crippen LogP contribution >= 0.6 is 0 Å². The standard InChI is InChI=1S/C12H24N2O4/c1-11(2,3)10(17)13-6-5-9(16)14-7-12(4,18)8-15/h15,18H,5-8H2,1-4H3,(H,13,17)(H,14,16). The van der Waals surface area contributed by atoms with Gasteiger partial charge in [0, 0.05) is 24.9 Å². The quantitative estimate of drug-likeness (QED) is 0.512. The van der Waals surface area contributed by atoms with E-state index in [9.17, 15) is 14.7 Å². The monoisotopic (exact) mass is 260 g/mol. The Morgan fingerprint density at radius 3 is 2.11 bits per heavy atom. The molecule has 1 atom stereocenters. The summed E-state index contributed by atoms with van der Waals surface area (Å²) in [5.41, 5.74) is -1.79. The van der Waals surface area contributed by atoms with Crippen molar-refractivity contribution < 1.29 is 19.8 Å². The molecule has 0 aliphatic carbocycles. The molecule has 6 heteroatoms. The Bertz CT molecular complexity index is 295. The molecule has 0 heterocycles.